The summed E-state index contributed by atoms with van der Waals surface area (Å²) in [7, 11) is 0. The molecule has 1 aromatic heterocycles. The molecule has 0 spiro atoms. The predicted molar refractivity (Wildman–Crippen MR) is 84.2 cm³/mol. The van der Waals surface area contributed by atoms with Crippen molar-refractivity contribution in [2.24, 2.45) is 0 Å². The molecule has 1 aliphatic heterocycles. The molecule has 1 saturated heterocycles. The lowest BCUT2D eigenvalue weighted by Gasteiger charge is -2.23. The fraction of sp³-hybridized carbons (Fsp3) is 0.714. The molecular weight excluding hydrogens is 256 g/mol. The third-order valence-electron chi connectivity index (χ3n) is 3.18. The normalized spacial score (nSPS) is 16.3. The SMILES string of the molecule is CCCc1nc(NCC)cc(NC2CCSCC2)n1. The van der Waals surface area contributed by atoms with Crippen molar-refractivity contribution in [1.82, 2.24) is 9.97 Å². The summed E-state index contributed by atoms with van der Waals surface area (Å²) in [5, 5.41) is 6.86. The van der Waals surface area contributed by atoms with E-state index in [9.17, 15) is 0 Å². The molecule has 0 amide bonds. The molecule has 1 aromatic rings. The van der Waals surface area contributed by atoms with E-state index in [2.05, 4.69) is 34.4 Å². The third-order valence-corrected chi connectivity index (χ3v) is 4.23. The van der Waals surface area contributed by atoms with E-state index >= 15 is 0 Å². The largest absolute Gasteiger partial charge is 0.370 e. The van der Waals surface area contributed by atoms with Crippen molar-refractivity contribution < 1.29 is 0 Å². The Kier molecular flexibility index (Phi) is 5.76. The zero-order chi connectivity index (χ0) is 13.5. The Morgan fingerprint density at radius 2 is 1.95 bits per heavy atom. The van der Waals surface area contributed by atoms with Gasteiger partial charge in [-0.1, -0.05) is 6.92 Å². The highest BCUT2D eigenvalue weighted by Crippen LogP contribution is 2.21. The van der Waals surface area contributed by atoms with Crippen molar-refractivity contribution in [3.05, 3.63) is 11.9 Å². The molecule has 2 heterocycles. The van der Waals surface area contributed by atoms with E-state index in [0.29, 0.717) is 6.04 Å². The summed E-state index contributed by atoms with van der Waals surface area (Å²) in [6, 6.07) is 2.60. The van der Waals surface area contributed by atoms with Gasteiger partial charge in [0, 0.05) is 25.1 Å². The van der Waals surface area contributed by atoms with Crippen LogP contribution in [0.3, 0.4) is 0 Å². The molecule has 19 heavy (non-hydrogen) atoms. The fourth-order valence-electron chi connectivity index (χ4n) is 2.23. The van der Waals surface area contributed by atoms with Crippen molar-refractivity contribution in [1.29, 1.82) is 0 Å². The van der Waals surface area contributed by atoms with Crippen molar-refractivity contribution in [3.63, 3.8) is 0 Å². The van der Waals surface area contributed by atoms with Gasteiger partial charge in [0.05, 0.1) is 0 Å². The Labute approximate surface area is 120 Å². The van der Waals surface area contributed by atoms with Gasteiger partial charge in [-0.25, -0.2) is 9.97 Å². The summed E-state index contributed by atoms with van der Waals surface area (Å²) in [4.78, 5) is 9.17. The Hall–Kier alpha value is -0.970. The lowest BCUT2D eigenvalue weighted by molar-refractivity contribution is 0.662. The maximum atomic E-state index is 4.63. The molecule has 1 aliphatic rings. The van der Waals surface area contributed by atoms with Crippen molar-refractivity contribution in [2.45, 2.75) is 45.6 Å². The van der Waals surface area contributed by atoms with E-state index < -0.39 is 0 Å². The van der Waals surface area contributed by atoms with Gasteiger partial charge in [-0.3, -0.25) is 0 Å². The number of anilines is 2. The first-order valence-electron chi connectivity index (χ1n) is 7.28. The lowest BCUT2D eigenvalue weighted by atomic mass is 10.1. The molecule has 106 valence electrons. The molecule has 2 rings (SSSR count). The second kappa shape index (κ2) is 7.58. The summed E-state index contributed by atoms with van der Waals surface area (Å²) in [5.41, 5.74) is 0. The van der Waals surface area contributed by atoms with Gasteiger partial charge in [0.15, 0.2) is 0 Å². The topological polar surface area (TPSA) is 49.8 Å². The quantitative estimate of drug-likeness (QED) is 0.838. The maximum absolute atomic E-state index is 4.63. The second-order valence-electron chi connectivity index (χ2n) is 4.87. The van der Waals surface area contributed by atoms with E-state index in [0.717, 1.165) is 36.8 Å². The van der Waals surface area contributed by atoms with Gasteiger partial charge in [-0.05, 0) is 37.7 Å². The van der Waals surface area contributed by atoms with Crippen LogP contribution in [0.4, 0.5) is 11.6 Å². The molecule has 0 saturated carbocycles. The van der Waals surface area contributed by atoms with Crippen LogP contribution in [0.15, 0.2) is 6.07 Å². The molecule has 0 radical (unpaired) electrons. The Bertz CT molecular complexity index is 367. The van der Waals surface area contributed by atoms with Crippen LogP contribution in [0, 0.1) is 0 Å². The smallest absolute Gasteiger partial charge is 0.133 e. The number of hydrogen-bond donors (Lipinski definition) is 2. The van der Waals surface area contributed by atoms with Gasteiger partial charge in [-0.2, -0.15) is 11.8 Å². The zero-order valence-electron chi connectivity index (χ0n) is 11.9. The standard InChI is InChI=1S/C14H24N4S/c1-3-5-12-17-13(15-4-2)10-14(18-12)16-11-6-8-19-9-7-11/h10-11H,3-9H2,1-2H3,(H2,15,16,17,18). The molecule has 0 aliphatic carbocycles. The highest BCUT2D eigenvalue weighted by atomic mass is 32.2. The minimum atomic E-state index is 0.570. The van der Waals surface area contributed by atoms with Gasteiger partial charge >= 0.3 is 0 Å². The fourth-order valence-corrected chi connectivity index (χ4v) is 3.34. The third kappa shape index (κ3) is 4.56. The lowest BCUT2D eigenvalue weighted by Crippen LogP contribution is -2.25. The van der Waals surface area contributed by atoms with Crippen LogP contribution in [0.5, 0.6) is 0 Å². The number of thioether (sulfide) groups is 1. The van der Waals surface area contributed by atoms with Crippen LogP contribution in [0.1, 0.15) is 38.9 Å². The number of nitrogens with zero attached hydrogens (tertiary/aromatic N) is 2. The summed E-state index contributed by atoms with van der Waals surface area (Å²) >= 11 is 2.05. The van der Waals surface area contributed by atoms with Crippen LogP contribution in [-0.2, 0) is 6.42 Å². The van der Waals surface area contributed by atoms with Crippen molar-refractivity contribution in [2.75, 3.05) is 28.7 Å². The monoisotopic (exact) mass is 280 g/mol. The maximum Gasteiger partial charge on any atom is 0.133 e. The molecule has 4 nitrogen and oxygen atoms in total. The average molecular weight is 280 g/mol. The van der Waals surface area contributed by atoms with Crippen LogP contribution < -0.4 is 10.6 Å². The molecule has 0 aromatic carbocycles. The molecular formula is C14H24N4S. The highest BCUT2D eigenvalue weighted by Gasteiger charge is 2.14. The molecule has 0 unspecified atom stereocenters. The molecule has 0 bridgehead atoms. The molecule has 1 fully saturated rings. The van der Waals surface area contributed by atoms with Gasteiger partial charge in [-0.15, -0.1) is 0 Å². The van der Waals surface area contributed by atoms with E-state index in [-0.39, 0.29) is 0 Å². The first-order valence-corrected chi connectivity index (χ1v) is 8.43. The molecule has 5 heteroatoms. The van der Waals surface area contributed by atoms with E-state index in [1.54, 1.807) is 0 Å². The van der Waals surface area contributed by atoms with Crippen LogP contribution in [-0.4, -0.2) is 34.1 Å². The highest BCUT2D eigenvalue weighted by molar-refractivity contribution is 7.99. The van der Waals surface area contributed by atoms with E-state index in [1.807, 2.05) is 17.8 Å². The second-order valence-corrected chi connectivity index (χ2v) is 6.09. The number of rotatable bonds is 6. The van der Waals surface area contributed by atoms with Crippen molar-refractivity contribution >= 4 is 23.4 Å². The van der Waals surface area contributed by atoms with Crippen LogP contribution in [0.25, 0.3) is 0 Å². The van der Waals surface area contributed by atoms with Gasteiger partial charge in [0.1, 0.15) is 17.5 Å². The van der Waals surface area contributed by atoms with E-state index in [1.165, 1.54) is 24.3 Å². The van der Waals surface area contributed by atoms with Crippen LogP contribution >= 0.6 is 11.8 Å². The Balaban J connectivity index is 2.08. The predicted octanol–water partition coefficient (Wildman–Crippen LogP) is 3.17. The minimum Gasteiger partial charge on any atom is -0.370 e. The molecule has 0 atom stereocenters. The summed E-state index contributed by atoms with van der Waals surface area (Å²) in [6.45, 7) is 5.14. The summed E-state index contributed by atoms with van der Waals surface area (Å²) in [6.07, 6.45) is 4.48. The van der Waals surface area contributed by atoms with E-state index in [4.69, 9.17) is 0 Å². The summed E-state index contributed by atoms with van der Waals surface area (Å²) < 4.78 is 0. The number of hydrogen-bond acceptors (Lipinski definition) is 5. The van der Waals surface area contributed by atoms with Gasteiger partial charge < -0.3 is 10.6 Å². The number of nitrogens with one attached hydrogen (secondary N) is 2. The number of aryl methyl sites for hydroxylation is 1. The number of aromatic nitrogens is 2. The Morgan fingerprint density at radius 1 is 1.21 bits per heavy atom. The summed E-state index contributed by atoms with van der Waals surface area (Å²) in [5.74, 6) is 5.36. The Morgan fingerprint density at radius 3 is 2.63 bits per heavy atom. The first kappa shape index (κ1) is 14.4. The minimum absolute atomic E-state index is 0.570. The van der Waals surface area contributed by atoms with Gasteiger partial charge in [0.25, 0.3) is 0 Å². The molecule has 2 N–H and O–H groups in total. The van der Waals surface area contributed by atoms with Gasteiger partial charge in [0.2, 0.25) is 0 Å². The average Bonchev–Trinajstić information content (AvgIpc) is 2.40. The van der Waals surface area contributed by atoms with Crippen LogP contribution in [0.2, 0.25) is 0 Å². The zero-order valence-corrected chi connectivity index (χ0v) is 12.7. The first-order chi connectivity index (χ1) is 9.31. The van der Waals surface area contributed by atoms with Crippen molar-refractivity contribution in [3.8, 4) is 0 Å².